The molecule has 0 N–H and O–H groups in total. The number of ether oxygens (including phenoxy) is 1. The summed E-state index contributed by atoms with van der Waals surface area (Å²) in [5.74, 6) is 2.49. The first-order valence-electron chi connectivity index (χ1n) is 5.29. The number of hydrogen-bond acceptors (Lipinski definition) is 2. The zero-order chi connectivity index (χ0) is 10.7. The van der Waals surface area contributed by atoms with Gasteiger partial charge in [0.05, 0.1) is 18.8 Å². The second-order valence-electron chi connectivity index (χ2n) is 4.16. The molecular formula is C11H14BrNO2. The summed E-state index contributed by atoms with van der Waals surface area (Å²) in [6, 6.07) is 0. The van der Waals surface area contributed by atoms with Crippen molar-refractivity contribution in [3.63, 3.8) is 0 Å². The van der Waals surface area contributed by atoms with Gasteiger partial charge in [-0.3, -0.25) is 4.79 Å². The molecule has 1 heterocycles. The van der Waals surface area contributed by atoms with E-state index < -0.39 is 0 Å². The Labute approximate surface area is 98.3 Å². The normalized spacial score (nSPS) is 23.7. The number of amides is 1. The van der Waals surface area contributed by atoms with Gasteiger partial charge in [0.25, 0.3) is 5.91 Å². The van der Waals surface area contributed by atoms with E-state index in [0.717, 1.165) is 12.8 Å². The molecule has 0 aromatic heterocycles. The van der Waals surface area contributed by atoms with E-state index >= 15 is 0 Å². The number of rotatable bonds is 0. The third-order valence-electron chi connectivity index (χ3n) is 3.34. The molecule has 1 spiro atoms. The van der Waals surface area contributed by atoms with Crippen molar-refractivity contribution < 1.29 is 9.53 Å². The van der Waals surface area contributed by atoms with Gasteiger partial charge in [0.2, 0.25) is 0 Å². The second-order valence-corrected chi connectivity index (χ2v) is 4.56. The van der Waals surface area contributed by atoms with E-state index in [2.05, 4.69) is 26.7 Å². The van der Waals surface area contributed by atoms with Gasteiger partial charge in [-0.1, -0.05) is 12.8 Å². The number of nitrogens with zero attached hydrogens (tertiary/aromatic N) is 1. The van der Waals surface area contributed by atoms with Crippen LogP contribution in [0, 0.1) is 10.8 Å². The van der Waals surface area contributed by atoms with Gasteiger partial charge >= 0.3 is 0 Å². The molecule has 2 fully saturated rings. The summed E-state index contributed by atoms with van der Waals surface area (Å²) in [4.78, 5) is 16.2. The van der Waals surface area contributed by atoms with Gasteiger partial charge in [-0.05, 0) is 17.7 Å². The monoisotopic (exact) mass is 271 g/mol. The van der Waals surface area contributed by atoms with Gasteiger partial charge in [-0.25, -0.2) is 0 Å². The van der Waals surface area contributed by atoms with Crippen molar-refractivity contribution in [3.8, 4) is 10.8 Å². The van der Waals surface area contributed by atoms with Crippen molar-refractivity contribution in [2.24, 2.45) is 0 Å². The Morgan fingerprint density at radius 1 is 1.40 bits per heavy atom. The fourth-order valence-corrected chi connectivity index (χ4v) is 2.77. The Bertz CT molecular complexity index is 312. The minimum absolute atomic E-state index is 0.0494. The van der Waals surface area contributed by atoms with Crippen LogP contribution in [0.3, 0.4) is 0 Å². The lowest BCUT2D eigenvalue weighted by atomic mass is 9.94. The van der Waals surface area contributed by atoms with E-state index in [1.54, 1.807) is 0 Å². The largest absolute Gasteiger partial charge is 0.377 e. The highest BCUT2D eigenvalue weighted by Gasteiger charge is 2.43. The molecular weight excluding hydrogens is 258 g/mol. The van der Waals surface area contributed by atoms with Crippen molar-refractivity contribution in [2.75, 3.05) is 19.8 Å². The average molecular weight is 272 g/mol. The Hall–Kier alpha value is -0.530. The van der Waals surface area contributed by atoms with Crippen LogP contribution in [0.1, 0.15) is 25.7 Å². The van der Waals surface area contributed by atoms with Crippen LogP contribution in [-0.2, 0) is 9.53 Å². The number of morpholine rings is 1. The highest BCUT2D eigenvalue weighted by atomic mass is 79.9. The van der Waals surface area contributed by atoms with E-state index in [0.29, 0.717) is 19.8 Å². The summed E-state index contributed by atoms with van der Waals surface area (Å²) in [5.41, 5.74) is -0.0494. The van der Waals surface area contributed by atoms with Gasteiger partial charge in [0.15, 0.2) is 0 Å². The van der Waals surface area contributed by atoms with Crippen LogP contribution >= 0.6 is 15.9 Å². The van der Waals surface area contributed by atoms with Crippen LogP contribution in [0.15, 0.2) is 0 Å². The average Bonchev–Trinajstić information content (AvgIpc) is 2.68. The molecule has 2 aliphatic rings. The molecule has 1 aliphatic heterocycles. The molecule has 0 bridgehead atoms. The fourth-order valence-electron chi connectivity index (χ4n) is 2.61. The predicted molar refractivity (Wildman–Crippen MR) is 60.4 cm³/mol. The molecule has 0 aromatic rings. The van der Waals surface area contributed by atoms with Crippen molar-refractivity contribution in [1.29, 1.82) is 0 Å². The number of carbonyl (C=O) groups excluding carboxylic acids is 1. The first kappa shape index (κ1) is 11.0. The smallest absolute Gasteiger partial charge is 0.299 e. The maximum Gasteiger partial charge on any atom is 0.299 e. The van der Waals surface area contributed by atoms with Crippen LogP contribution in [0.5, 0.6) is 0 Å². The third-order valence-corrected chi connectivity index (χ3v) is 3.53. The maximum atomic E-state index is 11.8. The molecule has 15 heavy (non-hydrogen) atoms. The Morgan fingerprint density at radius 3 is 2.80 bits per heavy atom. The van der Waals surface area contributed by atoms with E-state index in [1.807, 2.05) is 4.90 Å². The Kier molecular flexibility index (Phi) is 3.32. The molecule has 0 radical (unpaired) electrons. The van der Waals surface area contributed by atoms with Crippen LogP contribution < -0.4 is 0 Å². The van der Waals surface area contributed by atoms with Gasteiger partial charge in [-0.2, -0.15) is 0 Å². The molecule has 0 atom stereocenters. The molecule has 1 saturated carbocycles. The molecule has 82 valence electrons. The minimum Gasteiger partial charge on any atom is -0.377 e. The summed E-state index contributed by atoms with van der Waals surface area (Å²) in [6.45, 7) is 2.00. The first-order chi connectivity index (χ1) is 7.28. The molecule has 0 unspecified atom stereocenters. The van der Waals surface area contributed by atoms with Gasteiger partial charge in [0, 0.05) is 28.4 Å². The lowest BCUT2D eigenvalue weighted by Crippen LogP contribution is -2.57. The summed E-state index contributed by atoms with van der Waals surface area (Å²) >= 11 is 2.97. The molecule has 1 amide bonds. The quantitative estimate of drug-likeness (QED) is 0.626. The Morgan fingerprint density at radius 2 is 2.13 bits per heavy atom. The van der Waals surface area contributed by atoms with E-state index in [4.69, 9.17) is 4.74 Å². The van der Waals surface area contributed by atoms with Crippen LogP contribution in [0.2, 0.25) is 0 Å². The third kappa shape index (κ3) is 2.04. The van der Waals surface area contributed by atoms with Gasteiger partial charge < -0.3 is 9.64 Å². The highest BCUT2D eigenvalue weighted by molar-refractivity contribution is 9.12. The van der Waals surface area contributed by atoms with E-state index in [1.165, 1.54) is 12.8 Å². The maximum absolute atomic E-state index is 11.8. The molecule has 3 nitrogen and oxygen atoms in total. The Balaban J connectivity index is 2.18. The van der Waals surface area contributed by atoms with E-state index in [9.17, 15) is 4.79 Å². The topological polar surface area (TPSA) is 29.5 Å². The number of halogens is 1. The molecule has 0 aromatic carbocycles. The number of carbonyl (C=O) groups is 1. The lowest BCUT2D eigenvalue weighted by molar-refractivity contribution is -0.142. The first-order valence-corrected chi connectivity index (χ1v) is 6.09. The van der Waals surface area contributed by atoms with Crippen LogP contribution in [0.4, 0.5) is 0 Å². The fraction of sp³-hybridized carbons (Fsp3) is 0.727. The van der Waals surface area contributed by atoms with Gasteiger partial charge in [0.1, 0.15) is 0 Å². The zero-order valence-corrected chi connectivity index (χ0v) is 10.2. The van der Waals surface area contributed by atoms with E-state index in [-0.39, 0.29) is 11.4 Å². The van der Waals surface area contributed by atoms with Gasteiger partial charge in [-0.15, -0.1) is 0 Å². The minimum atomic E-state index is -0.0722. The molecule has 2 rings (SSSR count). The van der Waals surface area contributed by atoms with Crippen LogP contribution in [0.25, 0.3) is 0 Å². The highest BCUT2D eigenvalue weighted by Crippen LogP contribution is 2.37. The van der Waals surface area contributed by atoms with Crippen LogP contribution in [-0.4, -0.2) is 36.1 Å². The molecule has 1 saturated heterocycles. The predicted octanol–water partition coefficient (Wildman–Crippen LogP) is 1.51. The second kappa shape index (κ2) is 4.54. The summed E-state index contributed by atoms with van der Waals surface area (Å²) in [7, 11) is 0. The zero-order valence-electron chi connectivity index (χ0n) is 8.59. The summed E-state index contributed by atoms with van der Waals surface area (Å²) in [6.07, 6.45) is 4.50. The molecule has 1 aliphatic carbocycles. The number of hydrogen-bond donors (Lipinski definition) is 0. The van der Waals surface area contributed by atoms with Crippen molar-refractivity contribution >= 4 is 21.8 Å². The standard InChI is InChI=1S/C11H14BrNO2/c12-6-3-10(14)13-7-8-15-9-11(13)4-1-2-5-11/h1-2,4-5,7-9H2. The SMILES string of the molecule is O=C(C#CBr)N1CCOCC12CCCC2. The van der Waals surface area contributed by atoms with Crippen molar-refractivity contribution in [2.45, 2.75) is 31.2 Å². The molecule has 4 heteroatoms. The summed E-state index contributed by atoms with van der Waals surface area (Å²) < 4.78 is 5.51. The van der Waals surface area contributed by atoms with Crippen molar-refractivity contribution in [1.82, 2.24) is 4.90 Å². The van der Waals surface area contributed by atoms with Crippen molar-refractivity contribution in [3.05, 3.63) is 0 Å². The summed E-state index contributed by atoms with van der Waals surface area (Å²) in [5, 5.41) is 0. The lowest BCUT2D eigenvalue weighted by Gasteiger charge is -2.43.